The number of nitrogens with one attached hydrogen (secondary N) is 1. The van der Waals surface area contributed by atoms with E-state index in [1.54, 1.807) is 13.0 Å². The number of aromatic nitrogens is 1. The van der Waals surface area contributed by atoms with Crippen LogP contribution in [0, 0.1) is 6.92 Å². The molecule has 0 radical (unpaired) electrons. The number of fused-ring (bicyclic) bond motifs is 1. The SMILES string of the molecule is C/C=C/COC(=O)c1[nH]c2c(c1C)C(=O)C[C@H](c1ccc(OCC)cc1)C2. The molecule has 0 unspecified atom stereocenters. The second-order valence-electron chi connectivity index (χ2n) is 6.68. The van der Waals surface area contributed by atoms with Gasteiger partial charge in [-0.3, -0.25) is 4.79 Å². The predicted octanol–water partition coefficient (Wildman–Crippen LogP) is 4.37. The van der Waals surface area contributed by atoms with E-state index < -0.39 is 5.97 Å². The quantitative estimate of drug-likeness (QED) is 0.608. The molecule has 1 aliphatic carbocycles. The summed E-state index contributed by atoms with van der Waals surface area (Å²) >= 11 is 0. The van der Waals surface area contributed by atoms with Crippen LogP contribution in [0.2, 0.25) is 0 Å². The highest BCUT2D eigenvalue weighted by Crippen LogP contribution is 2.35. The number of H-pyrrole nitrogens is 1. The van der Waals surface area contributed by atoms with Gasteiger partial charge in [0.1, 0.15) is 18.1 Å². The average Bonchev–Trinajstić information content (AvgIpc) is 3.00. The molecule has 5 nitrogen and oxygen atoms in total. The Bertz CT molecular complexity index is 861. The summed E-state index contributed by atoms with van der Waals surface area (Å²) in [6.07, 6.45) is 4.72. The van der Waals surface area contributed by atoms with Gasteiger partial charge in [-0.05, 0) is 56.4 Å². The fourth-order valence-electron chi connectivity index (χ4n) is 3.57. The van der Waals surface area contributed by atoms with Crippen LogP contribution in [0.1, 0.15) is 63.9 Å². The normalized spacial score (nSPS) is 16.4. The number of aromatic amines is 1. The van der Waals surface area contributed by atoms with Crippen LogP contribution in [0.3, 0.4) is 0 Å². The van der Waals surface area contributed by atoms with Crippen LogP contribution in [-0.2, 0) is 11.2 Å². The van der Waals surface area contributed by atoms with Crippen molar-refractivity contribution in [3.63, 3.8) is 0 Å². The van der Waals surface area contributed by atoms with Crippen LogP contribution < -0.4 is 4.74 Å². The number of allylic oxidation sites excluding steroid dienone is 1. The van der Waals surface area contributed by atoms with Crippen molar-refractivity contribution in [1.29, 1.82) is 0 Å². The number of Topliss-reactive ketones (excluding diaryl/α,β-unsaturated/α-hetero) is 1. The molecule has 2 aromatic rings. The lowest BCUT2D eigenvalue weighted by Crippen LogP contribution is -2.18. The van der Waals surface area contributed by atoms with E-state index in [0.717, 1.165) is 17.0 Å². The van der Waals surface area contributed by atoms with Crippen LogP contribution in [0.5, 0.6) is 5.75 Å². The van der Waals surface area contributed by atoms with Gasteiger partial charge in [0, 0.05) is 17.7 Å². The minimum absolute atomic E-state index is 0.0661. The van der Waals surface area contributed by atoms with Crippen molar-refractivity contribution in [2.45, 2.75) is 39.5 Å². The standard InChI is InChI=1S/C22H25NO4/c1-4-6-11-27-22(25)21-14(3)20-18(23-21)12-16(13-19(20)24)15-7-9-17(10-8-15)26-5-2/h4,6-10,16,23H,5,11-13H2,1-3H3/b6-4+/t16-/m1/s1. The first-order chi connectivity index (χ1) is 13.0. The van der Waals surface area contributed by atoms with E-state index in [-0.39, 0.29) is 18.3 Å². The first-order valence-electron chi connectivity index (χ1n) is 9.30. The van der Waals surface area contributed by atoms with Gasteiger partial charge < -0.3 is 14.5 Å². The van der Waals surface area contributed by atoms with E-state index in [9.17, 15) is 9.59 Å². The molecule has 0 aliphatic heterocycles. The largest absolute Gasteiger partial charge is 0.494 e. The molecule has 1 atom stereocenters. The Balaban J connectivity index is 1.81. The van der Waals surface area contributed by atoms with E-state index in [4.69, 9.17) is 9.47 Å². The van der Waals surface area contributed by atoms with Crippen molar-refractivity contribution in [1.82, 2.24) is 4.98 Å². The zero-order valence-electron chi connectivity index (χ0n) is 16.0. The molecule has 1 heterocycles. The first kappa shape index (κ1) is 19.0. The summed E-state index contributed by atoms with van der Waals surface area (Å²) in [5, 5.41) is 0. The lowest BCUT2D eigenvalue weighted by molar-refractivity contribution is 0.0542. The molecule has 0 saturated heterocycles. The summed E-state index contributed by atoms with van der Waals surface area (Å²) < 4.78 is 10.7. The average molecular weight is 367 g/mol. The minimum Gasteiger partial charge on any atom is -0.494 e. The van der Waals surface area contributed by atoms with Crippen molar-refractivity contribution in [2.24, 2.45) is 0 Å². The first-order valence-corrected chi connectivity index (χ1v) is 9.30. The monoisotopic (exact) mass is 367 g/mol. The zero-order valence-corrected chi connectivity index (χ0v) is 16.0. The maximum absolute atomic E-state index is 12.7. The Hall–Kier alpha value is -2.82. The Kier molecular flexibility index (Phi) is 5.79. The maximum atomic E-state index is 12.7. The molecular formula is C22H25NO4. The summed E-state index contributed by atoms with van der Waals surface area (Å²) in [4.78, 5) is 28.2. The number of carbonyl (C=O) groups excluding carboxylic acids is 2. The van der Waals surface area contributed by atoms with Crippen molar-refractivity contribution < 1.29 is 19.1 Å². The maximum Gasteiger partial charge on any atom is 0.355 e. The lowest BCUT2D eigenvalue weighted by atomic mass is 9.81. The van der Waals surface area contributed by atoms with E-state index in [2.05, 4.69) is 4.98 Å². The number of hydrogen-bond acceptors (Lipinski definition) is 4. The molecule has 0 bridgehead atoms. The number of benzene rings is 1. The van der Waals surface area contributed by atoms with Gasteiger partial charge in [0.2, 0.25) is 0 Å². The molecule has 27 heavy (non-hydrogen) atoms. The van der Waals surface area contributed by atoms with Gasteiger partial charge in [-0.2, -0.15) is 0 Å². The Morgan fingerprint density at radius 3 is 2.67 bits per heavy atom. The number of hydrogen-bond donors (Lipinski definition) is 1. The third-order valence-electron chi connectivity index (χ3n) is 4.90. The van der Waals surface area contributed by atoms with Gasteiger partial charge in [-0.25, -0.2) is 4.79 Å². The van der Waals surface area contributed by atoms with Crippen molar-refractivity contribution >= 4 is 11.8 Å². The highest BCUT2D eigenvalue weighted by Gasteiger charge is 2.32. The Labute approximate surface area is 159 Å². The summed E-state index contributed by atoms with van der Waals surface area (Å²) in [7, 11) is 0. The number of ether oxygens (including phenoxy) is 2. The molecule has 1 aromatic heterocycles. The molecule has 1 aromatic carbocycles. The number of esters is 1. The van der Waals surface area contributed by atoms with Gasteiger partial charge in [-0.1, -0.05) is 24.3 Å². The molecule has 0 saturated carbocycles. The van der Waals surface area contributed by atoms with Crippen LogP contribution in [-0.4, -0.2) is 30.0 Å². The minimum atomic E-state index is -0.426. The third kappa shape index (κ3) is 3.97. The highest BCUT2D eigenvalue weighted by atomic mass is 16.5. The van der Waals surface area contributed by atoms with Gasteiger partial charge in [0.15, 0.2) is 5.78 Å². The summed E-state index contributed by atoms with van der Waals surface area (Å²) in [6.45, 7) is 6.47. The van der Waals surface area contributed by atoms with Crippen molar-refractivity contribution in [2.75, 3.05) is 13.2 Å². The number of rotatable bonds is 6. The summed E-state index contributed by atoms with van der Waals surface area (Å²) in [6, 6.07) is 7.89. The van der Waals surface area contributed by atoms with Crippen LogP contribution in [0.25, 0.3) is 0 Å². The third-order valence-corrected chi connectivity index (χ3v) is 4.90. The molecule has 1 aliphatic rings. The van der Waals surface area contributed by atoms with Crippen LogP contribution >= 0.6 is 0 Å². The fraction of sp³-hybridized carbons (Fsp3) is 0.364. The summed E-state index contributed by atoms with van der Waals surface area (Å²) in [5.74, 6) is 0.554. The second kappa shape index (κ2) is 8.25. The van der Waals surface area contributed by atoms with Gasteiger partial charge >= 0.3 is 5.97 Å². The lowest BCUT2D eigenvalue weighted by Gasteiger charge is -2.22. The Morgan fingerprint density at radius 1 is 1.26 bits per heavy atom. The van der Waals surface area contributed by atoms with Crippen LogP contribution in [0.15, 0.2) is 36.4 Å². The zero-order chi connectivity index (χ0) is 19.4. The van der Waals surface area contributed by atoms with Crippen LogP contribution in [0.4, 0.5) is 0 Å². The number of ketones is 1. The van der Waals surface area contributed by atoms with E-state index in [0.29, 0.717) is 36.3 Å². The van der Waals surface area contributed by atoms with E-state index in [1.165, 1.54) is 0 Å². The predicted molar refractivity (Wildman–Crippen MR) is 104 cm³/mol. The summed E-state index contributed by atoms with van der Waals surface area (Å²) in [5.41, 5.74) is 3.63. The van der Waals surface area contributed by atoms with Gasteiger partial charge in [-0.15, -0.1) is 0 Å². The number of carbonyl (C=O) groups is 2. The van der Waals surface area contributed by atoms with Gasteiger partial charge in [0.05, 0.1) is 6.61 Å². The molecule has 0 fully saturated rings. The molecular weight excluding hydrogens is 342 g/mol. The van der Waals surface area contributed by atoms with E-state index >= 15 is 0 Å². The Morgan fingerprint density at radius 2 is 2.00 bits per heavy atom. The fourth-order valence-corrected chi connectivity index (χ4v) is 3.57. The van der Waals surface area contributed by atoms with Crippen molar-refractivity contribution in [3.8, 4) is 5.75 Å². The molecule has 142 valence electrons. The molecule has 1 N–H and O–H groups in total. The second-order valence-corrected chi connectivity index (χ2v) is 6.68. The topological polar surface area (TPSA) is 68.4 Å². The van der Waals surface area contributed by atoms with Gasteiger partial charge in [0.25, 0.3) is 0 Å². The molecule has 0 amide bonds. The van der Waals surface area contributed by atoms with Crippen molar-refractivity contribution in [3.05, 3.63) is 64.5 Å². The van der Waals surface area contributed by atoms with E-state index in [1.807, 2.05) is 44.2 Å². The molecule has 0 spiro atoms. The molecule has 5 heteroatoms. The smallest absolute Gasteiger partial charge is 0.355 e. The highest BCUT2D eigenvalue weighted by molar-refractivity contribution is 6.03. The molecule has 3 rings (SSSR count).